The van der Waals surface area contributed by atoms with Crippen molar-refractivity contribution in [2.24, 2.45) is 0 Å². The quantitative estimate of drug-likeness (QED) is 0.643. The van der Waals surface area contributed by atoms with Gasteiger partial charge in [-0.2, -0.15) is 9.57 Å². The first-order valence-corrected chi connectivity index (χ1v) is 6.74. The summed E-state index contributed by atoms with van der Waals surface area (Å²) in [7, 11) is -4.12. The molecule has 1 aliphatic rings. The van der Waals surface area contributed by atoms with Crippen LogP contribution in [0.15, 0.2) is 0 Å². The van der Waals surface area contributed by atoms with Crippen LogP contribution in [0.2, 0.25) is 0 Å². The average molecular weight is 275 g/mol. The first-order chi connectivity index (χ1) is 8.34. The molecule has 1 saturated heterocycles. The van der Waals surface area contributed by atoms with Gasteiger partial charge in [0.2, 0.25) is 15.9 Å². The minimum atomic E-state index is -4.12. The fourth-order valence-corrected chi connectivity index (χ4v) is 3.33. The van der Waals surface area contributed by atoms with E-state index in [9.17, 15) is 18.0 Å². The molecular formula is C9H13N3O5S. The summed E-state index contributed by atoms with van der Waals surface area (Å²) in [5.74, 6) is -1.93. The van der Waals surface area contributed by atoms with E-state index in [2.05, 4.69) is 5.32 Å². The van der Waals surface area contributed by atoms with Crippen molar-refractivity contribution in [2.45, 2.75) is 24.6 Å². The van der Waals surface area contributed by atoms with Gasteiger partial charge in [-0.1, -0.05) is 6.92 Å². The van der Waals surface area contributed by atoms with Crippen LogP contribution in [0.25, 0.3) is 0 Å². The van der Waals surface area contributed by atoms with Crippen LogP contribution in [0.1, 0.15) is 13.3 Å². The maximum atomic E-state index is 12.1. The van der Waals surface area contributed by atoms with E-state index in [0.717, 1.165) is 0 Å². The predicted molar refractivity (Wildman–Crippen MR) is 59.8 cm³/mol. The molecule has 18 heavy (non-hydrogen) atoms. The Morgan fingerprint density at radius 1 is 1.72 bits per heavy atom. The normalized spacial score (nSPS) is 22.9. The van der Waals surface area contributed by atoms with Crippen LogP contribution < -0.4 is 5.32 Å². The van der Waals surface area contributed by atoms with Crippen LogP contribution in [0.4, 0.5) is 0 Å². The molecule has 0 aromatic carbocycles. The van der Waals surface area contributed by atoms with Crippen molar-refractivity contribution < 1.29 is 23.1 Å². The van der Waals surface area contributed by atoms with Gasteiger partial charge in [-0.15, -0.1) is 0 Å². The molecule has 0 bridgehead atoms. The molecule has 0 aromatic rings. The number of sulfonamides is 1. The highest BCUT2D eigenvalue weighted by atomic mass is 32.2. The molecule has 8 nitrogen and oxygen atoms in total. The lowest BCUT2D eigenvalue weighted by Crippen LogP contribution is -2.60. The number of nitriles is 1. The molecule has 9 heteroatoms. The van der Waals surface area contributed by atoms with Crippen molar-refractivity contribution in [3.63, 3.8) is 0 Å². The van der Waals surface area contributed by atoms with Crippen LogP contribution >= 0.6 is 0 Å². The topological polar surface area (TPSA) is 128 Å². The zero-order chi connectivity index (χ0) is 13.9. The lowest BCUT2D eigenvalue weighted by atomic mass is 10.2. The summed E-state index contributed by atoms with van der Waals surface area (Å²) in [4.78, 5) is 22.2. The predicted octanol–water partition coefficient (Wildman–Crippen LogP) is -1.50. The van der Waals surface area contributed by atoms with Gasteiger partial charge in [0, 0.05) is 6.54 Å². The van der Waals surface area contributed by atoms with Crippen LogP contribution in [0.5, 0.6) is 0 Å². The third kappa shape index (κ3) is 2.60. The van der Waals surface area contributed by atoms with Gasteiger partial charge in [0.25, 0.3) is 0 Å². The highest BCUT2D eigenvalue weighted by molar-refractivity contribution is 7.90. The summed E-state index contributed by atoms with van der Waals surface area (Å²) in [6.45, 7) is 0.637. The Morgan fingerprint density at radius 2 is 2.33 bits per heavy atom. The fourth-order valence-electron chi connectivity index (χ4n) is 1.63. The lowest BCUT2D eigenvalue weighted by Gasteiger charge is -2.32. The number of carbonyl (C=O) groups excluding carboxylic acids is 1. The largest absolute Gasteiger partial charge is 0.480 e. The number of carboxylic acid groups (broad SMARTS) is 1. The number of carboxylic acids is 1. The molecule has 0 aromatic heterocycles. The van der Waals surface area contributed by atoms with E-state index in [1.54, 1.807) is 6.07 Å². The van der Waals surface area contributed by atoms with Gasteiger partial charge < -0.3 is 10.4 Å². The summed E-state index contributed by atoms with van der Waals surface area (Å²) in [5.41, 5.74) is 0. The third-order valence-electron chi connectivity index (χ3n) is 2.63. The Hall–Kier alpha value is -1.66. The van der Waals surface area contributed by atoms with Gasteiger partial charge in [-0.3, -0.25) is 9.59 Å². The highest BCUT2D eigenvalue weighted by Gasteiger charge is 2.42. The molecular weight excluding hydrogens is 262 g/mol. The van der Waals surface area contributed by atoms with Crippen LogP contribution in [0, 0.1) is 11.3 Å². The number of piperazine rings is 1. The number of nitrogens with zero attached hydrogens (tertiary/aromatic N) is 2. The number of amides is 1. The maximum Gasteiger partial charge on any atom is 0.323 e. The van der Waals surface area contributed by atoms with E-state index in [4.69, 9.17) is 10.4 Å². The highest BCUT2D eigenvalue weighted by Crippen LogP contribution is 2.17. The average Bonchev–Trinajstić information content (AvgIpc) is 2.29. The number of hydrogen-bond acceptors (Lipinski definition) is 5. The van der Waals surface area contributed by atoms with Crippen LogP contribution in [-0.4, -0.2) is 54.1 Å². The molecule has 1 amide bonds. The second kappa shape index (κ2) is 5.32. The zero-order valence-electron chi connectivity index (χ0n) is 9.66. The second-order valence-corrected chi connectivity index (χ2v) is 5.84. The summed E-state index contributed by atoms with van der Waals surface area (Å²) in [6.07, 6.45) is 0.0310. The Labute approximate surface area is 104 Å². The van der Waals surface area contributed by atoms with E-state index in [0.29, 0.717) is 4.31 Å². The van der Waals surface area contributed by atoms with E-state index in [1.165, 1.54) is 6.92 Å². The minimum Gasteiger partial charge on any atom is -0.480 e. The molecule has 2 unspecified atom stereocenters. The number of rotatable bonds is 4. The monoisotopic (exact) mass is 275 g/mol. The number of aliphatic carboxylic acids is 1. The van der Waals surface area contributed by atoms with E-state index in [1.807, 2.05) is 0 Å². The Morgan fingerprint density at radius 3 is 2.78 bits per heavy atom. The van der Waals surface area contributed by atoms with Gasteiger partial charge in [0.15, 0.2) is 5.25 Å². The summed E-state index contributed by atoms with van der Waals surface area (Å²) in [5, 5.41) is 18.7. The molecule has 0 radical (unpaired) electrons. The first kappa shape index (κ1) is 14.4. The van der Waals surface area contributed by atoms with Gasteiger partial charge >= 0.3 is 5.97 Å². The first-order valence-electron chi connectivity index (χ1n) is 5.24. The van der Waals surface area contributed by atoms with Crippen molar-refractivity contribution in [3.05, 3.63) is 0 Å². The smallest absolute Gasteiger partial charge is 0.323 e. The molecule has 2 N–H and O–H groups in total. The van der Waals surface area contributed by atoms with E-state index < -0.39 is 39.7 Å². The summed E-state index contributed by atoms with van der Waals surface area (Å²) in [6, 6.07) is 0.244. The molecule has 1 fully saturated rings. The maximum absolute atomic E-state index is 12.1. The fraction of sp³-hybridized carbons (Fsp3) is 0.667. The van der Waals surface area contributed by atoms with Crippen molar-refractivity contribution in [2.75, 3.05) is 13.1 Å². The third-order valence-corrected chi connectivity index (χ3v) is 4.82. The lowest BCUT2D eigenvalue weighted by molar-refractivity contribution is -0.143. The zero-order valence-corrected chi connectivity index (χ0v) is 10.5. The standard InChI is InChI=1S/C9H13N3O5S/c1-2-6(3-10)18(16,17)12-5-8(13)11-4-7(12)9(14)15/h6-7H,2,4-5H2,1H3,(H,11,13)(H,14,15). The molecule has 2 atom stereocenters. The van der Waals surface area contributed by atoms with E-state index in [-0.39, 0.29) is 13.0 Å². The number of carbonyl (C=O) groups is 2. The Kier molecular flexibility index (Phi) is 4.26. The SMILES string of the molecule is CCC(C#N)S(=O)(=O)N1CC(=O)NCC1C(=O)O. The van der Waals surface area contributed by atoms with Crippen molar-refractivity contribution in [1.29, 1.82) is 5.26 Å². The molecule has 1 aliphatic heterocycles. The minimum absolute atomic E-state index is 0.0310. The Balaban J connectivity index is 3.13. The number of nitrogens with one attached hydrogen (secondary N) is 1. The molecule has 0 spiro atoms. The summed E-state index contributed by atoms with van der Waals surface area (Å²) < 4.78 is 24.7. The molecule has 0 aliphatic carbocycles. The van der Waals surface area contributed by atoms with Crippen molar-refractivity contribution in [1.82, 2.24) is 9.62 Å². The van der Waals surface area contributed by atoms with Gasteiger partial charge in [0.05, 0.1) is 12.6 Å². The second-order valence-electron chi connectivity index (χ2n) is 3.77. The molecule has 100 valence electrons. The molecule has 0 saturated carbocycles. The van der Waals surface area contributed by atoms with Crippen molar-refractivity contribution in [3.8, 4) is 6.07 Å². The van der Waals surface area contributed by atoms with Crippen molar-refractivity contribution >= 4 is 21.9 Å². The van der Waals surface area contributed by atoms with Crippen LogP contribution in [0.3, 0.4) is 0 Å². The molecule has 1 heterocycles. The van der Waals surface area contributed by atoms with Crippen LogP contribution in [-0.2, 0) is 19.6 Å². The van der Waals surface area contributed by atoms with E-state index >= 15 is 0 Å². The van der Waals surface area contributed by atoms with Gasteiger partial charge in [0.1, 0.15) is 6.04 Å². The van der Waals surface area contributed by atoms with Gasteiger partial charge in [-0.25, -0.2) is 8.42 Å². The molecule has 1 rings (SSSR count). The summed E-state index contributed by atoms with van der Waals surface area (Å²) >= 11 is 0. The Bertz CT molecular complexity index is 495. The van der Waals surface area contributed by atoms with Gasteiger partial charge in [-0.05, 0) is 6.42 Å². The number of hydrogen-bond donors (Lipinski definition) is 2.